The van der Waals surface area contributed by atoms with Crippen LogP contribution in [0.15, 0.2) is 42.1 Å². The van der Waals surface area contributed by atoms with Crippen molar-refractivity contribution in [2.45, 2.75) is 20.3 Å². The maximum Gasteiger partial charge on any atom is 0.223 e. The molecule has 4 N–H and O–H groups in total. The summed E-state index contributed by atoms with van der Waals surface area (Å²) in [4.78, 5) is 21.5. The van der Waals surface area contributed by atoms with Crippen molar-refractivity contribution < 1.29 is 9.18 Å². The fourth-order valence-electron chi connectivity index (χ4n) is 4.17. The number of hydrogen-bond acceptors (Lipinski definition) is 7. The zero-order chi connectivity index (χ0) is 23.5. The molecule has 0 radical (unpaired) electrons. The standard InChI is InChI=1S/C25H25FN6O/c1-14(28)23(15(2)33)17-5-6-22-20(9-17)24(18-3-4-19(11-27)21(26)10-18)32-25(31-22)30-13-16-7-8-29-12-16/h3-6,9-10,16,29H,7-8,12-13,28H2,1-2H3,(H,30,31,32). The first-order valence-corrected chi connectivity index (χ1v) is 10.8. The second kappa shape index (κ2) is 9.35. The third-order valence-electron chi connectivity index (χ3n) is 5.81. The highest BCUT2D eigenvalue weighted by Crippen LogP contribution is 2.31. The zero-order valence-electron chi connectivity index (χ0n) is 18.6. The SMILES string of the molecule is CC(=O)C(=C(C)N)c1ccc2nc(NCC3CCNC3)nc(-c3ccc(C#N)c(F)c3)c2c1. The molecule has 0 bridgehead atoms. The monoisotopic (exact) mass is 444 g/mol. The van der Waals surface area contributed by atoms with E-state index in [4.69, 9.17) is 16.0 Å². The van der Waals surface area contributed by atoms with Gasteiger partial charge in [0, 0.05) is 28.8 Å². The normalized spacial score (nSPS) is 16.4. The number of ketones is 1. The van der Waals surface area contributed by atoms with E-state index in [1.165, 1.54) is 19.1 Å². The number of nitrogens with zero attached hydrogens (tertiary/aromatic N) is 3. The summed E-state index contributed by atoms with van der Waals surface area (Å²) in [7, 11) is 0. The number of nitrogens with one attached hydrogen (secondary N) is 2. The van der Waals surface area contributed by atoms with Crippen LogP contribution in [0.4, 0.5) is 10.3 Å². The molecule has 1 aliphatic heterocycles. The number of anilines is 1. The number of nitrogens with two attached hydrogens (primary N) is 1. The molecule has 1 aromatic heterocycles. The summed E-state index contributed by atoms with van der Waals surface area (Å²) in [5.41, 5.74) is 9.09. The van der Waals surface area contributed by atoms with Crippen LogP contribution in [0.1, 0.15) is 31.4 Å². The molecule has 1 atom stereocenters. The van der Waals surface area contributed by atoms with Gasteiger partial charge in [-0.25, -0.2) is 14.4 Å². The predicted molar refractivity (Wildman–Crippen MR) is 127 cm³/mol. The number of fused-ring (bicyclic) bond motifs is 1. The molecule has 1 unspecified atom stereocenters. The van der Waals surface area contributed by atoms with Crippen LogP contribution >= 0.6 is 0 Å². The van der Waals surface area contributed by atoms with Crippen molar-refractivity contribution in [2.75, 3.05) is 25.0 Å². The average Bonchev–Trinajstić information content (AvgIpc) is 3.30. The van der Waals surface area contributed by atoms with Crippen molar-refractivity contribution in [3.8, 4) is 17.3 Å². The lowest BCUT2D eigenvalue weighted by molar-refractivity contribution is -0.111. The molecule has 1 fully saturated rings. The second-order valence-electron chi connectivity index (χ2n) is 8.29. The number of halogens is 1. The third kappa shape index (κ3) is 4.69. The molecule has 7 nitrogen and oxygen atoms in total. The van der Waals surface area contributed by atoms with Crippen LogP contribution in [0.2, 0.25) is 0 Å². The molecule has 3 aromatic rings. The molecule has 2 heterocycles. The average molecular weight is 445 g/mol. The van der Waals surface area contributed by atoms with Crippen LogP contribution in [0, 0.1) is 23.1 Å². The minimum absolute atomic E-state index is 0.0366. The Morgan fingerprint density at radius 2 is 2.09 bits per heavy atom. The highest BCUT2D eigenvalue weighted by Gasteiger charge is 2.18. The van der Waals surface area contributed by atoms with E-state index in [1.807, 2.05) is 12.1 Å². The number of hydrogen-bond donors (Lipinski definition) is 3. The van der Waals surface area contributed by atoms with Crippen LogP contribution in [0.3, 0.4) is 0 Å². The highest BCUT2D eigenvalue weighted by atomic mass is 19.1. The Kier molecular flexibility index (Phi) is 6.33. The molecule has 2 aromatic carbocycles. The molecule has 0 spiro atoms. The third-order valence-corrected chi connectivity index (χ3v) is 5.81. The number of nitriles is 1. The van der Waals surface area contributed by atoms with Gasteiger partial charge in [0.2, 0.25) is 5.95 Å². The van der Waals surface area contributed by atoms with Crippen molar-refractivity contribution in [3.63, 3.8) is 0 Å². The van der Waals surface area contributed by atoms with E-state index in [-0.39, 0.29) is 11.3 Å². The Morgan fingerprint density at radius 3 is 2.73 bits per heavy atom. The minimum atomic E-state index is -0.619. The Labute approximate surface area is 191 Å². The van der Waals surface area contributed by atoms with Gasteiger partial charge < -0.3 is 16.4 Å². The van der Waals surface area contributed by atoms with E-state index < -0.39 is 5.82 Å². The van der Waals surface area contributed by atoms with Crippen molar-refractivity contribution >= 4 is 28.2 Å². The van der Waals surface area contributed by atoms with Crippen LogP contribution in [-0.2, 0) is 4.79 Å². The van der Waals surface area contributed by atoms with Gasteiger partial charge >= 0.3 is 0 Å². The Bertz CT molecular complexity index is 1300. The fraction of sp³-hybridized carbons (Fsp3) is 0.280. The van der Waals surface area contributed by atoms with Gasteiger partial charge in [0.1, 0.15) is 11.9 Å². The van der Waals surface area contributed by atoms with Crippen LogP contribution in [0.5, 0.6) is 0 Å². The number of aromatic nitrogens is 2. The van der Waals surface area contributed by atoms with Crippen LogP contribution < -0.4 is 16.4 Å². The van der Waals surface area contributed by atoms with E-state index in [1.54, 1.807) is 25.1 Å². The number of benzene rings is 2. The Hall–Kier alpha value is -3.83. The summed E-state index contributed by atoms with van der Waals surface area (Å²) in [6.07, 6.45) is 1.08. The largest absolute Gasteiger partial charge is 0.402 e. The van der Waals surface area contributed by atoms with Gasteiger partial charge in [0.25, 0.3) is 0 Å². The van der Waals surface area contributed by atoms with Gasteiger partial charge in [-0.1, -0.05) is 12.1 Å². The van der Waals surface area contributed by atoms with Gasteiger partial charge in [-0.2, -0.15) is 5.26 Å². The number of carbonyl (C=O) groups excluding carboxylic acids is 1. The lowest BCUT2D eigenvalue weighted by atomic mass is 9.97. The maximum atomic E-state index is 14.5. The van der Waals surface area contributed by atoms with E-state index in [0.29, 0.717) is 50.9 Å². The van der Waals surface area contributed by atoms with E-state index >= 15 is 0 Å². The minimum Gasteiger partial charge on any atom is -0.402 e. The molecule has 4 rings (SSSR count). The zero-order valence-corrected chi connectivity index (χ0v) is 18.6. The topological polar surface area (TPSA) is 117 Å². The van der Waals surface area contributed by atoms with Gasteiger partial charge in [0.15, 0.2) is 5.78 Å². The number of Topliss-reactive ketones (excluding diaryl/α,β-unsaturated/α-hetero) is 1. The van der Waals surface area contributed by atoms with Crippen molar-refractivity contribution in [2.24, 2.45) is 11.7 Å². The highest BCUT2D eigenvalue weighted by molar-refractivity contribution is 6.21. The summed E-state index contributed by atoms with van der Waals surface area (Å²) in [6, 6.07) is 11.7. The van der Waals surface area contributed by atoms with E-state index in [9.17, 15) is 9.18 Å². The molecular formula is C25H25FN6O. The first-order chi connectivity index (χ1) is 15.9. The number of allylic oxidation sites excluding steroid dienone is 2. The van der Waals surface area contributed by atoms with E-state index in [0.717, 1.165) is 26.1 Å². The quantitative estimate of drug-likeness (QED) is 0.497. The molecule has 1 saturated heterocycles. The van der Waals surface area contributed by atoms with Gasteiger partial charge in [-0.3, -0.25) is 4.79 Å². The van der Waals surface area contributed by atoms with Gasteiger partial charge in [-0.05, 0) is 69.1 Å². The summed E-state index contributed by atoms with van der Waals surface area (Å²) in [6.45, 7) is 5.81. The Morgan fingerprint density at radius 1 is 1.27 bits per heavy atom. The predicted octanol–water partition coefficient (Wildman–Crippen LogP) is 3.61. The Balaban J connectivity index is 1.86. The van der Waals surface area contributed by atoms with Crippen LogP contribution in [-0.4, -0.2) is 35.4 Å². The second-order valence-corrected chi connectivity index (χ2v) is 8.29. The van der Waals surface area contributed by atoms with E-state index in [2.05, 4.69) is 15.6 Å². The summed E-state index contributed by atoms with van der Waals surface area (Å²) < 4.78 is 14.5. The lowest BCUT2D eigenvalue weighted by Gasteiger charge is -2.14. The summed E-state index contributed by atoms with van der Waals surface area (Å²) in [5, 5.41) is 16.4. The number of carbonyl (C=O) groups is 1. The summed E-state index contributed by atoms with van der Waals surface area (Å²) in [5.74, 6) is 0.161. The molecule has 1 aliphatic rings. The molecule has 8 heteroatoms. The summed E-state index contributed by atoms with van der Waals surface area (Å²) >= 11 is 0. The van der Waals surface area contributed by atoms with Crippen molar-refractivity contribution in [1.82, 2.24) is 15.3 Å². The van der Waals surface area contributed by atoms with Gasteiger partial charge in [-0.15, -0.1) is 0 Å². The maximum absolute atomic E-state index is 14.5. The molecular weight excluding hydrogens is 419 g/mol. The van der Waals surface area contributed by atoms with Crippen LogP contribution in [0.25, 0.3) is 27.7 Å². The fourth-order valence-corrected chi connectivity index (χ4v) is 4.17. The lowest BCUT2D eigenvalue weighted by Crippen LogP contribution is -2.18. The van der Waals surface area contributed by atoms with Gasteiger partial charge in [0.05, 0.1) is 16.8 Å². The molecule has 0 saturated carbocycles. The first-order valence-electron chi connectivity index (χ1n) is 10.8. The molecule has 0 aliphatic carbocycles. The molecule has 33 heavy (non-hydrogen) atoms. The first kappa shape index (κ1) is 22.4. The molecule has 0 amide bonds. The van der Waals surface area contributed by atoms with Crippen molar-refractivity contribution in [1.29, 1.82) is 5.26 Å². The van der Waals surface area contributed by atoms with Crippen molar-refractivity contribution in [3.05, 3.63) is 59.0 Å². The number of rotatable bonds is 6. The molecule has 168 valence electrons. The smallest absolute Gasteiger partial charge is 0.223 e.